The maximum Gasteiger partial charge on any atom is 0.127 e. The Morgan fingerprint density at radius 1 is 1.05 bits per heavy atom. The first-order chi connectivity index (χ1) is 9.32. The highest BCUT2D eigenvalue weighted by atomic mass is 16.6. The molecule has 1 fully saturated rings. The summed E-state index contributed by atoms with van der Waals surface area (Å²) < 4.78 is 11.5. The smallest absolute Gasteiger partial charge is 0.127 e. The van der Waals surface area contributed by atoms with Crippen LogP contribution in [0.15, 0.2) is 54.6 Å². The second-order valence-corrected chi connectivity index (χ2v) is 4.98. The molecule has 0 spiro atoms. The minimum Gasteiger partial charge on any atom is -0.457 e. The average molecular weight is 254 g/mol. The SMILES string of the molecule is CCCC1(c2cccc(Oc3ccccc3)c2)CO1. The lowest BCUT2D eigenvalue weighted by Gasteiger charge is -2.13. The van der Waals surface area contributed by atoms with Gasteiger partial charge in [-0.1, -0.05) is 43.7 Å². The first-order valence-corrected chi connectivity index (χ1v) is 6.80. The Labute approximate surface area is 114 Å². The predicted octanol–water partition coefficient (Wildman–Crippen LogP) is 4.50. The van der Waals surface area contributed by atoms with E-state index in [1.807, 2.05) is 42.5 Å². The maximum absolute atomic E-state index is 5.86. The molecular weight excluding hydrogens is 236 g/mol. The normalized spacial score (nSPS) is 21.1. The van der Waals surface area contributed by atoms with Gasteiger partial charge in [-0.05, 0) is 36.2 Å². The maximum atomic E-state index is 5.86. The molecule has 1 unspecified atom stereocenters. The molecule has 98 valence electrons. The second-order valence-electron chi connectivity index (χ2n) is 4.98. The van der Waals surface area contributed by atoms with Crippen molar-refractivity contribution in [3.05, 3.63) is 60.2 Å². The van der Waals surface area contributed by atoms with Crippen molar-refractivity contribution in [1.29, 1.82) is 0 Å². The van der Waals surface area contributed by atoms with E-state index in [4.69, 9.17) is 9.47 Å². The molecule has 1 atom stereocenters. The van der Waals surface area contributed by atoms with Gasteiger partial charge in [0.05, 0.1) is 6.61 Å². The molecule has 0 radical (unpaired) electrons. The molecule has 0 N–H and O–H groups in total. The van der Waals surface area contributed by atoms with E-state index in [2.05, 4.69) is 19.1 Å². The molecule has 1 aliphatic heterocycles. The van der Waals surface area contributed by atoms with E-state index in [0.717, 1.165) is 30.9 Å². The summed E-state index contributed by atoms with van der Waals surface area (Å²) in [6, 6.07) is 18.1. The van der Waals surface area contributed by atoms with Crippen molar-refractivity contribution < 1.29 is 9.47 Å². The van der Waals surface area contributed by atoms with Crippen LogP contribution in [0.4, 0.5) is 0 Å². The molecule has 2 heteroatoms. The van der Waals surface area contributed by atoms with Crippen LogP contribution < -0.4 is 4.74 Å². The Morgan fingerprint density at radius 3 is 2.47 bits per heavy atom. The predicted molar refractivity (Wildman–Crippen MR) is 75.5 cm³/mol. The zero-order chi connectivity index (χ0) is 13.1. The Morgan fingerprint density at radius 2 is 1.79 bits per heavy atom. The quantitative estimate of drug-likeness (QED) is 0.732. The van der Waals surface area contributed by atoms with Gasteiger partial charge in [0.2, 0.25) is 0 Å². The Kier molecular flexibility index (Phi) is 3.26. The summed E-state index contributed by atoms with van der Waals surface area (Å²) in [6.45, 7) is 3.02. The van der Waals surface area contributed by atoms with Gasteiger partial charge in [-0.25, -0.2) is 0 Å². The van der Waals surface area contributed by atoms with Crippen LogP contribution in [0.25, 0.3) is 0 Å². The highest BCUT2D eigenvalue weighted by Crippen LogP contribution is 2.43. The molecule has 1 aliphatic rings. The van der Waals surface area contributed by atoms with E-state index >= 15 is 0 Å². The molecule has 2 aromatic carbocycles. The standard InChI is InChI=1S/C17H18O2/c1-2-11-17(13-18-17)14-7-6-10-16(12-14)19-15-8-4-3-5-9-15/h3-10,12H,2,11,13H2,1H3. The van der Waals surface area contributed by atoms with Crippen molar-refractivity contribution in [2.24, 2.45) is 0 Å². The molecule has 1 heterocycles. The van der Waals surface area contributed by atoms with Gasteiger partial charge in [-0.15, -0.1) is 0 Å². The first kappa shape index (κ1) is 12.2. The van der Waals surface area contributed by atoms with Crippen molar-refractivity contribution in [2.45, 2.75) is 25.4 Å². The summed E-state index contributed by atoms with van der Waals surface area (Å²) in [4.78, 5) is 0. The number of epoxide rings is 1. The van der Waals surface area contributed by atoms with Crippen molar-refractivity contribution >= 4 is 0 Å². The van der Waals surface area contributed by atoms with Gasteiger partial charge in [-0.2, -0.15) is 0 Å². The zero-order valence-corrected chi connectivity index (χ0v) is 11.1. The molecule has 19 heavy (non-hydrogen) atoms. The van der Waals surface area contributed by atoms with E-state index < -0.39 is 0 Å². The molecular formula is C17H18O2. The van der Waals surface area contributed by atoms with Crippen LogP contribution in [0.2, 0.25) is 0 Å². The number of hydrogen-bond acceptors (Lipinski definition) is 2. The molecule has 0 amide bonds. The first-order valence-electron chi connectivity index (χ1n) is 6.80. The molecule has 3 rings (SSSR count). The summed E-state index contributed by atoms with van der Waals surface area (Å²) in [5, 5.41) is 0. The van der Waals surface area contributed by atoms with Crippen molar-refractivity contribution in [2.75, 3.05) is 6.61 Å². The summed E-state index contributed by atoms with van der Waals surface area (Å²) in [6.07, 6.45) is 2.20. The monoisotopic (exact) mass is 254 g/mol. The minimum absolute atomic E-state index is 0.0508. The van der Waals surface area contributed by atoms with Crippen molar-refractivity contribution in [3.8, 4) is 11.5 Å². The van der Waals surface area contributed by atoms with E-state index in [0.29, 0.717) is 0 Å². The topological polar surface area (TPSA) is 21.8 Å². The van der Waals surface area contributed by atoms with Gasteiger partial charge < -0.3 is 9.47 Å². The molecule has 0 bridgehead atoms. The summed E-state index contributed by atoms with van der Waals surface area (Å²) in [5.41, 5.74) is 1.17. The molecule has 0 saturated carbocycles. The van der Waals surface area contributed by atoms with Gasteiger partial charge in [0.15, 0.2) is 0 Å². The van der Waals surface area contributed by atoms with E-state index in [-0.39, 0.29) is 5.60 Å². The van der Waals surface area contributed by atoms with Crippen LogP contribution in [0.3, 0.4) is 0 Å². The fraction of sp³-hybridized carbons (Fsp3) is 0.294. The molecule has 1 saturated heterocycles. The van der Waals surface area contributed by atoms with E-state index in [1.165, 1.54) is 5.56 Å². The van der Waals surface area contributed by atoms with Gasteiger partial charge in [-0.3, -0.25) is 0 Å². The Balaban J connectivity index is 1.81. The Bertz CT molecular complexity index is 544. The average Bonchev–Trinajstić information content (AvgIpc) is 3.22. The minimum atomic E-state index is -0.0508. The lowest BCUT2D eigenvalue weighted by Crippen LogP contribution is -2.07. The van der Waals surface area contributed by atoms with E-state index in [1.54, 1.807) is 0 Å². The Hall–Kier alpha value is -1.80. The third-order valence-corrected chi connectivity index (χ3v) is 3.49. The molecule has 2 aromatic rings. The number of para-hydroxylation sites is 1. The lowest BCUT2D eigenvalue weighted by atomic mass is 9.95. The number of ether oxygens (including phenoxy) is 2. The fourth-order valence-corrected chi connectivity index (χ4v) is 2.41. The van der Waals surface area contributed by atoms with Crippen LogP contribution in [-0.4, -0.2) is 6.61 Å². The third kappa shape index (κ3) is 2.64. The van der Waals surface area contributed by atoms with Gasteiger partial charge in [0.25, 0.3) is 0 Å². The highest BCUT2D eigenvalue weighted by Gasteiger charge is 2.45. The van der Waals surface area contributed by atoms with Crippen LogP contribution in [0, 0.1) is 0 Å². The van der Waals surface area contributed by atoms with Gasteiger partial charge >= 0.3 is 0 Å². The van der Waals surface area contributed by atoms with Crippen molar-refractivity contribution in [1.82, 2.24) is 0 Å². The molecule has 0 aliphatic carbocycles. The van der Waals surface area contributed by atoms with E-state index in [9.17, 15) is 0 Å². The fourth-order valence-electron chi connectivity index (χ4n) is 2.41. The van der Waals surface area contributed by atoms with Crippen LogP contribution in [-0.2, 0) is 10.3 Å². The van der Waals surface area contributed by atoms with Gasteiger partial charge in [0, 0.05) is 0 Å². The zero-order valence-electron chi connectivity index (χ0n) is 11.1. The largest absolute Gasteiger partial charge is 0.457 e. The molecule has 0 aromatic heterocycles. The summed E-state index contributed by atoms with van der Waals surface area (Å²) >= 11 is 0. The van der Waals surface area contributed by atoms with Gasteiger partial charge in [0.1, 0.15) is 17.1 Å². The second kappa shape index (κ2) is 5.06. The highest BCUT2D eigenvalue weighted by molar-refractivity contribution is 5.37. The molecule has 2 nitrogen and oxygen atoms in total. The van der Waals surface area contributed by atoms with Crippen LogP contribution in [0.5, 0.6) is 11.5 Å². The lowest BCUT2D eigenvalue weighted by molar-refractivity contribution is 0.290. The number of rotatable bonds is 5. The summed E-state index contributed by atoms with van der Waals surface area (Å²) in [7, 11) is 0. The number of hydrogen-bond donors (Lipinski definition) is 0. The van der Waals surface area contributed by atoms with Crippen LogP contribution >= 0.6 is 0 Å². The van der Waals surface area contributed by atoms with Crippen LogP contribution in [0.1, 0.15) is 25.3 Å². The third-order valence-electron chi connectivity index (χ3n) is 3.49. The van der Waals surface area contributed by atoms with Crippen molar-refractivity contribution in [3.63, 3.8) is 0 Å². The summed E-state index contributed by atoms with van der Waals surface area (Å²) in [5.74, 6) is 1.73. The number of benzene rings is 2.